The van der Waals surface area contributed by atoms with Gasteiger partial charge in [0.2, 0.25) is 0 Å². The topological polar surface area (TPSA) is 130 Å². The highest BCUT2D eigenvalue weighted by Crippen LogP contribution is 2.35. The van der Waals surface area contributed by atoms with E-state index in [2.05, 4.69) is 10.2 Å². The maximum atomic E-state index is 13.0. The Morgan fingerprint density at radius 1 is 1.10 bits per heavy atom. The van der Waals surface area contributed by atoms with Gasteiger partial charge in [0, 0.05) is 51.3 Å². The zero-order valence-electron chi connectivity index (χ0n) is 23.2. The van der Waals surface area contributed by atoms with Gasteiger partial charge in [-0.05, 0) is 60.2 Å². The van der Waals surface area contributed by atoms with Crippen LogP contribution in [0.15, 0.2) is 30.3 Å². The molecule has 1 aromatic heterocycles. The van der Waals surface area contributed by atoms with Gasteiger partial charge in [0.05, 0.1) is 13.2 Å². The lowest BCUT2D eigenvalue weighted by molar-refractivity contribution is -0.143. The first-order valence-electron chi connectivity index (χ1n) is 13.8. The minimum Gasteiger partial charge on any atom is -0.436 e. The van der Waals surface area contributed by atoms with E-state index in [1.807, 2.05) is 19.1 Å². The molecule has 3 N–H and O–H groups in total. The lowest BCUT2D eigenvalue weighted by Gasteiger charge is -2.29. The van der Waals surface area contributed by atoms with Crippen molar-refractivity contribution in [1.82, 2.24) is 9.88 Å². The molecule has 0 saturated carbocycles. The number of pyridine rings is 1. The highest BCUT2D eigenvalue weighted by Gasteiger charge is 2.37. The Balaban J connectivity index is 1.41. The number of carbonyl (C=O) groups is 3. The van der Waals surface area contributed by atoms with Crippen LogP contribution in [-0.2, 0) is 14.3 Å². The van der Waals surface area contributed by atoms with E-state index >= 15 is 0 Å². The van der Waals surface area contributed by atoms with Gasteiger partial charge >= 0.3 is 18.3 Å². The van der Waals surface area contributed by atoms with E-state index in [0.717, 1.165) is 16.7 Å². The predicted octanol–water partition coefficient (Wildman–Crippen LogP) is 3.90. The van der Waals surface area contributed by atoms with Crippen molar-refractivity contribution in [2.24, 2.45) is 11.7 Å². The molecule has 14 heteroatoms. The van der Waals surface area contributed by atoms with Gasteiger partial charge in [-0.25, -0.2) is 14.6 Å². The maximum Gasteiger partial charge on any atom is 0.405 e. The SMILES string of the molecule is Cc1ccc(NC(=O)N2CCC(CC(F)(F)F)C2)cc1-c1cc(N2CCOCC2)nc(N2CCC(OC(N)=O)C2=O)c1. The number of nitrogens with one attached hydrogen (secondary N) is 1. The summed E-state index contributed by atoms with van der Waals surface area (Å²) in [5.74, 6) is -0.00588. The number of rotatable bonds is 6. The average molecular weight is 591 g/mol. The molecule has 2 atom stereocenters. The summed E-state index contributed by atoms with van der Waals surface area (Å²) in [5, 5.41) is 2.82. The van der Waals surface area contributed by atoms with Crippen molar-refractivity contribution in [3.63, 3.8) is 0 Å². The molecule has 11 nitrogen and oxygen atoms in total. The van der Waals surface area contributed by atoms with Gasteiger partial charge in [0.15, 0.2) is 6.10 Å². The quantitative estimate of drug-likeness (QED) is 0.522. The second-order valence-corrected chi connectivity index (χ2v) is 10.8. The van der Waals surface area contributed by atoms with Crippen LogP contribution in [0.2, 0.25) is 0 Å². The maximum absolute atomic E-state index is 13.0. The average Bonchev–Trinajstić information content (AvgIpc) is 3.55. The molecule has 0 bridgehead atoms. The Bertz CT molecular complexity index is 1350. The Morgan fingerprint density at radius 3 is 2.55 bits per heavy atom. The van der Waals surface area contributed by atoms with Crippen molar-refractivity contribution in [1.29, 1.82) is 0 Å². The second-order valence-electron chi connectivity index (χ2n) is 10.8. The lowest BCUT2D eigenvalue weighted by Crippen LogP contribution is -2.37. The van der Waals surface area contributed by atoms with Crippen LogP contribution >= 0.6 is 0 Å². The number of carbonyl (C=O) groups excluding carboxylic acids is 3. The van der Waals surface area contributed by atoms with Gasteiger partial charge in [0.25, 0.3) is 5.91 Å². The minimum atomic E-state index is -4.26. The van der Waals surface area contributed by atoms with E-state index < -0.39 is 42.7 Å². The Morgan fingerprint density at radius 2 is 1.83 bits per heavy atom. The number of benzene rings is 1. The zero-order valence-corrected chi connectivity index (χ0v) is 23.2. The summed E-state index contributed by atoms with van der Waals surface area (Å²) in [6.07, 6.45) is -6.59. The van der Waals surface area contributed by atoms with Crippen molar-refractivity contribution in [3.05, 3.63) is 35.9 Å². The van der Waals surface area contributed by atoms with Crippen LogP contribution in [0.5, 0.6) is 0 Å². The summed E-state index contributed by atoms with van der Waals surface area (Å²) >= 11 is 0. The van der Waals surface area contributed by atoms with Crippen LogP contribution in [0.25, 0.3) is 11.1 Å². The monoisotopic (exact) mass is 590 g/mol. The third kappa shape index (κ3) is 6.86. The van der Waals surface area contributed by atoms with E-state index in [1.165, 1.54) is 9.80 Å². The number of primary amides is 1. The number of morpholine rings is 1. The van der Waals surface area contributed by atoms with Gasteiger partial charge in [-0.1, -0.05) is 6.07 Å². The molecular formula is C28H33F3N6O5. The van der Waals surface area contributed by atoms with E-state index in [0.29, 0.717) is 50.0 Å². The number of alkyl halides is 3. The van der Waals surface area contributed by atoms with Crippen LogP contribution < -0.4 is 20.9 Å². The molecule has 3 aliphatic heterocycles. The molecular weight excluding hydrogens is 557 g/mol. The van der Waals surface area contributed by atoms with Gasteiger partial charge in [0.1, 0.15) is 11.6 Å². The number of hydrogen-bond donors (Lipinski definition) is 2. The fourth-order valence-electron chi connectivity index (χ4n) is 5.61. The van der Waals surface area contributed by atoms with Crippen LogP contribution in [0.3, 0.4) is 0 Å². The summed E-state index contributed by atoms with van der Waals surface area (Å²) < 4.78 is 48.9. The Hall–Kier alpha value is -4.07. The molecule has 2 aromatic rings. The van der Waals surface area contributed by atoms with Crippen LogP contribution in [0, 0.1) is 12.8 Å². The van der Waals surface area contributed by atoms with Gasteiger partial charge in [-0.3, -0.25) is 9.69 Å². The first-order chi connectivity index (χ1) is 20.0. The Kier molecular flexibility index (Phi) is 8.43. The molecule has 5 rings (SSSR count). The van der Waals surface area contributed by atoms with E-state index in [-0.39, 0.29) is 26.1 Å². The summed E-state index contributed by atoms with van der Waals surface area (Å²) in [7, 11) is 0. The summed E-state index contributed by atoms with van der Waals surface area (Å²) in [4.78, 5) is 46.9. The number of amides is 4. The molecule has 0 radical (unpaired) electrons. The number of nitrogens with zero attached hydrogens (tertiary/aromatic N) is 4. The molecule has 0 aliphatic carbocycles. The van der Waals surface area contributed by atoms with Gasteiger partial charge < -0.3 is 30.3 Å². The summed E-state index contributed by atoms with van der Waals surface area (Å²) in [6, 6.07) is 8.59. The fourth-order valence-corrected chi connectivity index (χ4v) is 5.61. The zero-order chi connectivity index (χ0) is 30.0. The highest BCUT2D eigenvalue weighted by molar-refractivity contribution is 5.99. The van der Waals surface area contributed by atoms with Crippen molar-refractivity contribution in [2.45, 2.75) is 38.5 Å². The number of likely N-dealkylation sites (tertiary alicyclic amines) is 1. The first-order valence-corrected chi connectivity index (χ1v) is 13.8. The smallest absolute Gasteiger partial charge is 0.405 e. The van der Waals surface area contributed by atoms with Crippen molar-refractivity contribution in [3.8, 4) is 11.1 Å². The molecule has 2 unspecified atom stereocenters. The standard InChI is InChI=1S/C28H33F3N6O5/c1-17-2-3-20(33-27(40)36-6-4-18(16-36)15-28(29,30)31)14-21(17)19-12-23(35-8-10-41-11-9-35)34-24(13-19)37-7-5-22(25(37)38)42-26(32)39/h2-3,12-14,18,22H,4-11,15-16H2,1H3,(H2,32,39)(H,33,40). The number of nitrogens with two attached hydrogens (primary N) is 1. The van der Waals surface area contributed by atoms with E-state index in [9.17, 15) is 27.6 Å². The first kappa shape index (κ1) is 29.4. The van der Waals surface area contributed by atoms with Crippen molar-refractivity contribution >= 4 is 35.4 Å². The largest absolute Gasteiger partial charge is 0.436 e. The summed E-state index contributed by atoms with van der Waals surface area (Å²) in [5.41, 5.74) is 8.03. The molecule has 4 heterocycles. The van der Waals surface area contributed by atoms with Crippen LogP contribution in [0.4, 0.5) is 40.1 Å². The number of hydrogen-bond acceptors (Lipinski definition) is 7. The number of aryl methyl sites for hydroxylation is 1. The molecule has 42 heavy (non-hydrogen) atoms. The number of anilines is 3. The number of urea groups is 1. The third-order valence-electron chi connectivity index (χ3n) is 7.72. The highest BCUT2D eigenvalue weighted by atomic mass is 19.4. The summed E-state index contributed by atoms with van der Waals surface area (Å²) in [6.45, 7) is 4.77. The van der Waals surface area contributed by atoms with Crippen molar-refractivity contribution in [2.75, 3.05) is 61.1 Å². The van der Waals surface area contributed by atoms with Crippen LogP contribution in [0.1, 0.15) is 24.8 Å². The normalized spacial score (nSPS) is 21.1. The van der Waals surface area contributed by atoms with E-state index in [1.54, 1.807) is 18.2 Å². The number of halogens is 3. The van der Waals surface area contributed by atoms with Gasteiger partial charge in [-0.15, -0.1) is 0 Å². The van der Waals surface area contributed by atoms with Crippen molar-refractivity contribution < 1.29 is 37.0 Å². The van der Waals surface area contributed by atoms with E-state index in [4.69, 9.17) is 20.2 Å². The predicted molar refractivity (Wildman–Crippen MR) is 148 cm³/mol. The molecule has 3 fully saturated rings. The van der Waals surface area contributed by atoms with Gasteiger partial charge in [-0.2, -0.15) is 13.2 Å². The molecule has 1 aromatic carbocycles. The lowest BCUT2D eigenvalue weighted by atomic mass is 10.00. The Labute approximate surface area is 240 Å². The fraction of sp³-hybridized carbons (Fsp3) is 0.500. The van der Waals surface area contributed by atoms with Crippen LogP contribution in [-0.4, -0.2) is 86.1 Å². The molecule has 3 aliphatic rings. The number of aromatic nitrogens is 1. The molecule has 3 saturated heterocycles. The molecule has 226 valence electrons. The second kappa shape index (κ2) is 12.0. The minimum absolute atomic E-state index is 0.0466. The number of ether oxygens (including phenoxy) is 2. The third-order valence-corrected chi connectivity index (χ3v) is 7.72. The molecule has 4 amide bonds. The molecule has 0 spiro atoms.